The van der Waals surface area contributed by atoms with Crippen LogP contribution >= 0.6 is 0 Å². The van der Waals surface area contributed by atoms with Gasteiger partial charge in [0.25, 0.3) is 0 Å². The lowest BCUT2D eigenvalue weighted by molar-refractivity contribution is -0.124. The molecule has 0 amide bonds. The van der Waals surface area contributed by atoms with E-state index in [1.165, 1.54) is 6.42 Å². The summed E-state index contributed by atoms with van der Waals surface area (Å²) in [5.41, 5.74) is 0.131. The second-order valence-corrected chi connectivity index (χ2v) is 9.46. The van der Waals surface area contributed by atoms with Crippen molar-refractivity contribution >= 4 is 5.78 Å². The van der Waals surface area contributed by atoms with Crippen molar-refractivity contribution in [1.29, 1.82) is 0 Å². The quantitative estimate of drug-likeness (QED) is 0.442. The molecule has 1 heteroatoms. The molecule has 0 N–H and O–H groups in total. The van der Waals surface area contributed by atoms with Gasteiger partial charge in [-0.15, -0.1) is 0 Å². The Balaban J connectivity index is -0.0000000891. The Labute approximate surface area is 176 Å². The van der Waals surface area contributed by atoms with E-state index in [0.717, 1.165) is 23.7 Å². The van der Waals surface area contributed by atoms with Crippen molar-refractivity contribution in [2.75, 3.05) is 0 Å². The molecule has 0 saturated heterocycles. The maximum atomic E-state index is 11.1. The Morgan fingerprint density at radius 2 is 1.04 bits per heavy atom. The third-order valence-corrected chi connectivity index (χ3v) is 6.13. The topological polar surface area (TPSA) is 17.1 Å². The zero-order valence-corrected chi connectivity index (χ0v) is 21.6. The van der Waals surface area contributed by atoms with Gasteiger partial charge in [0.2, 0.25) is 0 Å². The summed E-state index contributed by atoms with van der Waals surface area (Å²) >= 11 is 0. The van der Waals surface area contributed by atoms with E-state index in [4.69, 9.17) is 0 Å². The molecule has 1 nitrogen and oxygen atoms in total. The molecular formula is C26H60O. The van der Waals surface area contributed by atoms with Crippen molar-refractivity contribution in [1.82, 2.24) is 0 Å². The van der Waals surface area contributed by atoms with Crippen LogP contribution < -0.4 is 0 Å². The van der Waals surface area contributed by atoms with Gasteiger partial charge in [-0.1, -0.05) is 118 Å². The summed E-state index contributed by atoms with van der Waals surface area (Å²) in [6.45, 7) is 34.4. The van der Waals surface area contributed by atoms with Crippen LogP contribution in [0.5, 0.6) is 0 Å². The zero-order chi connectivity index (χ0) is 22.2. The van der Waals surface area contributed by atoms with Crippen molar-refractivity contribution < 1.29 is 4.79 Å². The van der Waals surface area contributed by atoms with Gasteiger partial charge in [0.05, 0.1) is 0 Å². The minimum Gasteiger partial charge on any atom is -0.300 e. The van der Waals surface area contributed by atoms with E-state index < -0.39 is 0 Å². The largest absolute Gasteiger partial charge is 0.300 e. The second kappa shape index (κ2) is 20.4. The van der Waals surface area contributed by atoms with E-state index in [2.05, 4.69) is 83.1 Å². The van der Waals surface area contributed by atoms with Crippen LogP contribution in [0.2, 0.25) is 0 Å². The summed E-state index contributed by atoms with van der Waals surface area (Å²) in [5.74, 6) is 4.46. The predicted octanol–water partition coefficient (Wildman–Crippen LogP) is 9.54. The van der Waals surface area contributed by atoms with Crippen LogP contribution in [-0.2, 0) is 4.79 Å². The van der Waals surface area contributed by atoms with Crippen molar-refractivity contribution in [3.8, 4) is 0 Å². The van der Waals surface area contributed by atoms with Gasteiger partial charge in [0, 0.05) is 5.92 Å². The summed E-state index contributed by atoms with van der Waals surface area (Å²) in [4.78, 5) is 11.1. The van der Waals surface area contributed by atoms with Gasteiger partial charge in [-0.05, 0) is 41.9 Å². The molecule has 0 aliphatic carbocycles. The minimum absolute atomic E-state index is 0. The van der Waals surface area contributed by atoms with Crippen LogP contribution in [-0.4, -0.2) is 5.78 Å². The third kappa shape index (κ3) is 21.8. The van der Waals surface area contributed by atoms with Gasteiger partial charge in [-0.25, -0.2) is 0 Å². The van der Waals surface area contributed by atoms with Crippen molar-refractivity contribution in [3.63, 3.8) is 0 Å². The van der Waals surface area contributed by atoms with Gasteiger partial charge in [-0.3, -0.25) is 4.79 Å². The van der Waals surface area contributed by atoms with E-state index >= 15 is 0 Å². The Kier molecular flexibility index (Phi) is 28.3. The van der Waals surface area contributed by atoms with Crippen molar-refractivity contribution in [2.45, 2.75) is 125 Å². The molecule has 0 aliphatic heterocycles. The van der Waals surface area contributed by atoms with E-state index in [9.17, 15) is 4.79 Å². The maximum absolute atomic E-state index is 11.1. The number of carbonyl (C=O) groups is 1. The number of hydrogen-bond acceptors (Lipinski definition) is 1. The standard InChI is InChI=1S/C10H20O.C8H18.C5H12.C2H6.CH4/c1-7(2)10(5,6)8(3)9(4)11;1-6(2)8(5)7(3)4;1-4-5(2)3;1-2;/h7-8H,1-6H3;6-8H,1-5H3;5H,4H2,1-3H3;1-2H3;1H4. The third-order valence-electron chi connectivity index (χ3n) is 6.13. The normalized spacial score (nSPS) is 11.7. The lowest BCUT2D eigenvalue weighted by Crippen LogP contribution is -2.31. The number of ketones is 1. The fourth-order valence-corrected chi connectivity index (χ4v) is 1.79. The molecule has 0 aromatic rings. The molecule has 27 heavy (non-hydrogen) atoms. The molecule has 0 rings (SSSR count). The number of Topliss-reactive ketones (excluding diaryl/α,β-unsaturated/α-hetero) is 1. The highest BCUT2D eigenvalue weighted by atomic mass is 16.1. The predicted molar refractivity (Wildman–Crippen MR) is 131 cm³/mol. The fourth-order valence-electron chi connectivity index (χ4n) is 1.79. The van der Waals surface area contributed by atoms with Crippen LogP contribution in [0.15, 0.2) is 0 Å². The number of carbonyl (C=O) groups excluding carboxylic acids is 1. The number of hydrogen-bond donors (Lipinski definition) is 0. The fraction of sp³-hybridized carbons (Fsp3) is 0.962. The molecule has 0 aromatic carbocycles. The Hall–Kier alpha value is -0.330. The average molecular weight is 389 g/mol. The highest BCUT2D eigenvalue weighted by Gasteiger charge is 2.31. The van der Waals surface area contributed by atoms with Crippen molar-refractivity contribution in [2.24, 2.45) is 40.9 Å². The van der Waals surface area contributed by atoms with Crippen LogP contribution in [0, 0.1) is 40.9 Å². The SMILES string of the molecule is C.CC.CC(=O)C(C)C(C)(C)C(C)C.CC(C)C(C)C(C)C.CCC(C)C. The van der Waals surface area contributed by atoms with Crippen LogP contribution in [0.25, 0.3) is 0 Å². The van der Waals surface area contributed by atoms with Crippen LogP contribution in [0.3, 0.4) is 0 Å². The molecule has 1 unspecified atom stereocenters. The molecular weight excluding hydrogens is 328 g/mol. The maximum Gasteiger partial charge on any atom is 0.133 e. The smallest absolute Gasteiger partial charge is 0.133 e. The first kappa shape index (κ1) is 37.4. The van der Waals surface area contributed by atoms with Gasteiger partial charge in [0.15, 0.2) is 0 Å². The zero-order valence-electron chi connectivity index (χ0n) is 21.6. The van der Waals surface area contributed by atoms with Gasteiger partial charge in [-0.2, -0.15) is 0 Å². The molecule has 0 saturated carbocycles. The second-order valence-electron chi connectivity index (χ2n) is 9.46. The van der Waals surface area contributed by atoms with Crippen LogP contribution in [0.1, 0.15) is 125 Å². The lowest BCUT2D eigenvalue weighted by Gasteiger charge is -2.34. The Morgan fingerprint density at radius 1 is 0.778 bits per heavy atom. The van der Waals surface area contributed by atoms with E-state index in [-0.39, 0.29) is 18.8 Å². The summed E-state index contributed by atoms with van der Waals surface area (Å²) < 4.78 is 0. The summed E-state index contributed by atoms with van der Waals surface area (Å²) in [6, 6.07) is 0. The summed E-state index contributed by atoms with van der Waals surface area (Å²) in [6.07, 6.45) is 1.31. The van der Waals surface area contributed by atoms with Gasteiger partial charge >= 0.3 is 0 Å². The first-order chi connectivity index (χ1) is 11.6. The summed E-state index contributed by atoms with van der Waals surface area (Å²) in [7, 11) is 0. The molecule has 1 atom stereocenters. The lowest BCUT2D eigenvalue weighted by atomic mass is 9.70. The Bertz CT molecular complexity index is 289. The highest BCUT2D eigenvalue weighted by molar-refractivity contribution is 5.78. The van der Waals surface area contributed by atoms with Crippen molar-refractivity contribution in [3.05, 3.63) is 0 Å². The average Bonchev–Trinajstić information content (AvgIpc) is 2.55. The molecule has 0 aromatic heterocycles. The summed E-state index contributed by atoms with van der Waals surface area (Å²) in [5, 5.41) is 0. The highest BCUT2D eigenvalue weighted by Crippen LogP contribution is 2.34. The first-order valence-corrected chi connectivity index (χ1v) is 11.1. The Morgan fingerprint density at radius 3 is 1.07 bits per heavy atom. The monoisotopic (exact) mass is 388 g/mol. The molecule has 170 valence electrons. The van der Waals surface area contributed by atoms with Crippen LogP contribution in [0.4, 0.5) is 0 Å². The molecule has 0 bridgehead atoms. The van der Waals surface area contributed by atoms with Gasteiger partial charge in [0.1, 0.15) is 5.78 Å². The molecule has 0 heterocycles. The van der Waals surface area contributed by atoms with E-state index in [0.29, 0.717) is 11.7 Å². The van der Waals surface area contributed by atoms with E-state index in [1.54, 1.807) is 6.92 Å². The van der Waals surface area contributed by atoms with E-state index in [1.807, 2.05) is 20.8 Å². The molecule has 0 fully saturated rings. The first-order valence-electron chi connectivity index (χ1n) is 11.1. The minimum atomic E-state index is 0. The van der Waals surface area contributed by atoms with Gasteiger partial charge < -0.3 is 0 Å². The molecule has 0 radical (unpaired) electrons. The molecule has 0 aliphatic rings. The molecule has 0 spiro atoms. The number of rotatable bonds is 6.